The Balaban J connectivity index is 1.98. The summed E-state index contributed by atoms with van der Waals surface area (Å²) in [7, 11) is 0. The van der Waals surface area contributed by atoms with Gasteiger partial charge >= 0.3 is 0 Å². The lowest BCUT2D eigenvalue weighted by Crippen LogP contribution is -2.20. The molecule has 1 aromatic carbocycles. The Labute approximate surface area is 92.7 Å². The van der Waals surface area contributed by atoms with Crippen LogP contribution in [0.4, 0.5) is 0 Å². The number of hydrogen-bond donors (Lipinski definition) is 1. The third-order valence-electron chi connectivity index (χ3n) is 3.73. The molecule has 1 fully saturated rings. The number of aryl methyl sites for hydroxylation is 1. The summed E-state index contributed by atoms with van der Waals surface area (Å²) in [5.74, 6) is 1.57. The topological polar surface area (TPSA) is 26.0 Å². The van der Waals surface area contributed by atoms with Crippen LogP contribution in [0, 0.1) is 12.8 Å². The Morgan fingerprint density at radius 1 is 1.07 bits per heavy atom. The largest absolute Gasteiger partial charge is 0.330 e. The summed E-state index contributed by atoms with van der Waals surface area (Å²) in [5, 5.41) is 0. The number of nitrogens with two attached hydrogens (primary N) is 1. The highest BCUT2D eigenvalue weighted by Gasteiger charge is 2.20. The summed E-state index contributed by atoms with van der Waals surface area (Å²) < 4.78 is 0. The second-order valence-electron chi connectivity index (χ2n) is 4.86. The molecule has 0 spiro atoms. The molecule has 1 nitrogen and oxygen atoms in total. The van der Waals surface area contributed by atoms with Gasteiger partial charge < -0.3 is 5.73 Å². The second kappa shape index (κ2) is 4.80. The molecule has 0 radical (unpaired) electrons. The smallest absolute Gasteiger partial charge is 0.00489 e. The van der Waals surface area contributed by atoms with Gasteiger partial charge in [0.05, 0.1) is 0 Å². The van der Waals surface area contributed by atoms with Gasteiger partial charge in [-0.2, -0.15) is 0 Å². The molecule has 0 bridgehead atoms. The average Bonchev–Trinajstić information content (AvgIpc) is 2.30. The van der Waals surface area contributed by atoms with Gasteiger partial charge in [-0.05, 0) is 56.6 Å². The molecule has 1 saturated carbocycles. The fraction of sp³-hybridized carbons (Fsp3) is 0.571. The van der Waals surface area contributed by atoms with Gasteiger partial charge in [-0.1, -0.05) is 29.8 Å². The van der Waals surface area contributed by atoms with Gasteiger partial charge in [0.25, 0.3) is 0 Å². The molecule has 0 heterocycles. The number of hydrogen-bond acceptors (Lipinski definition) is 1. The highest BCUT2D eigenvalue weighted by atomic mass is 14.5. The summed E-state index contributed by atoms with van der Waals surface area (Å²) in [6.45, 7) is 3.02. The Morgan fingerprint density at radius 2 is 1.67 bits per heavy atom. The maximum absolute atomic E-state index is 5.71. The molecule has 1 heteroatoms. The lowest BCUT2D eigenvalue weighted by molar-refractivity contribution is 0.333. The maximum atomic E-state index is 5.71. The van der Waals surface area contributed by atoms with E-state index in [1.165, 1.54) is 36.8 Å². The van der Waals surface area contributed by atoms with E-state index in [9.17, 15) is 0 Å². The van der Waals surface area contributed by atoms with Crippen molar-refractivity contribution in [3.63, 3.8) is 0 Å². The minimum absolute atomic E-state index is 0.784. The Kier molecular flexibility index (Phi) is 3.42. The maximum Gasteiger partial charge on any atom is -0.00489 e. The third kappa shape index (κ3) is 2.60. The second-order valence-corrected chi connectivity index (χ2v) is 4.86. The van der Waals surface area contributed by atoms with Crippen LogP contribution < -0.4 is 5.73 Å². The lowest BCUT2D eigenvalue weighted by Gasteiger charge is -2.27. The summed E-state index contributed by atoms with van der Waals surface area (Å²) in [6, 6.07) is 9.04. The molecule has 2 N–H and O–H groups in total. The van der Waals surface area contributed by atoms with E-state index < -0.39 is 0 Å². The van der Waals surface area contributed by atoms with Gasteiger partial charge in [-0.15, -0.1) is 0 Å². The third-order valence-corrected chi connectivity index (χ3v) is 3.73. The normalized spacial score (nSPS) is 26.5. The molecule has 0 aromatic heterocycles. The van der Waals surface area contributed by atoms with Gasteiger partial charge in [-0.25, -0.2) is 0 Å². The Bertz CT molecular complexity index is 294. The van der Waals surface area contributed by atoms with E-state index in [0.717, 1.165) is 18.4 Å². The molecule has 0 aliphatic heterocycles. The molecule has 2 rings (SSSR count). The van der Waals surface area contributed by atoms with Crippen LogP contribution in [0.25, 0.3) is 0 Å². The zero-order valence-electron chi connectivity index (χ0n) is 9.58. The molecule has 0 atom stereocenters. The molecule has 1 aliphatic rings. The van der Waals surface area contributed by atoms with E-state index in [-0.39, 0.29) is 0 Å². The van der Waals surface area contributed by atoms with E-state index in [1.54, 1.807) is 0 Å². The standard InChI is InChI=1S/C14H21N/c1-11-2-6-13(7-3-11)14-8-4-12(10-15)5-9-14/h2-3,6-7,12,14H,4-5,8-10,15H2,1H3. The van der Waals surface area contributed by atoms with Gasteiger partial charge in [-0.3, -0.25) is 0 Å². The fourth-order valence-electron chi connectivity index (χ4n) is 2.57. The first-order valence-corrected chi connectivity index (χ1v) is 6.06. The van der Waals surface area contributed by atoms with Crippen molar-refractivity contribution in [1.82, 2.24) is 0 Å². The zero-order chi connectivity index (χ0) is 10.7. The molecular formula is C14H21N. The monoisotopic (exact) mass is 203 g/mol. The predicted molar refractivity (Wildman–Crippen MR) is 64.9 cm³/mol. The Morgan fingerprint density at radius 3 is 2.20 bits per heavy atom. The number of rotatable bonds is 2. The highest BCUT2D eigenvalue weighted by Crippen LogP contribution is 2.35. The highest BCUT2D eigenvalue weighted by molar-refractivity contribution is 5.24. The van der Waals surface area contributed by atoms with Crippen LogP contribution in [0.2, 0.25) is 0 Å². The van der Waals surface area contributed by atoms with Crippen LogP contribution in [-0.4, -0.2) is 6.54 Å². The van der Waals surface area contributed by atoms with Crippen molar-refractivity contribution in [3.05, 3.63) is 35.4 Å². The van der Waals surface area contributed by atoms with Gasteiger partial charge in [0.1, 0.15) is 0 Å². The summed E-state index contributed by atoms with van der Waals surface area (Å²) in [6.07, 6.45) is 5.28. The van der Waals surface area contributed by atoms with Crippen LogP contribution in [0.1, 0.15) is 42.7 Å². The van der Waals surface area contributed by atoms with E-state index in [0.29, 0.717) is 0 Å². The van der Waals surface area contributed by atoms with Crippen molar-refractivity contribution in [2.75, 3.05) is 6.54 Å². The van der Waals surface area contributed by atoms with Gasteiger partial charge in [0, 0.05) is 0 Å². The molecule has 0 amide bonds. The molecular weight excluding hydrogens is 182 g/mol. The van der Waals surface area contributed by atoms with Crippen LogP contribution in [0.15, 0.2) is 24.3 Å². The van der Waals surface area contributed by atoms with Crippen molar-refractivity contribution >= 4 is 0 Å². The Hall–Kier alpha value is -0.820. The minimum Gasteiger partial charge on any atom is -0.330 e. The van der Waals surface area contributed by atoms with Crippen molar-refractivity contribution in [1.29, 1.82) is 0 Å². The van der Waals surface area contributed by atoms with E-state index in [4.69, 9.17) is 5.73 Å². The van der Waals surface area contributed by atoms with E-state index >= 15 is 0 Å². The SMILES string of the molecule is Cc1ccc(C2CCC(CN)CC2)cc1. The molecule has 0 saturated heterocycles. The lowest BCUT2D eigenvalue weighted by atomic mass is 9.79. The van der Waals surface area contributed by atoms with Crippen LogP contribution in [0.3, 0.4) is 0 Å². The first kappa shape index (κ1) is 10.7. The molecule has 1 aliphatic carbocycles. The summed E-state index contributed by atoms with van der Waals surface area (Å²) in [5.41, 5.74) is 8.59. The van der Waals surface area contributed by atoms with Crippen molar-refractivity contribution < 1.29 is 0 Å². The van der Waals surface area contributed by atoms with Crippen molar-refractivity contribution in [2.24, 2.45) is 11.7 Å². The first-order valence-electron chi connectivity index (χ1n) is 6.06. The van der Waals surface area contributed by atoms with E-state index in [2.05, 4.69) is 31.2 Å². The number of benzene rings is 1. The van der Waals surface area contributed by atoms with Crippen LogP contribution in [0.5, 0.6) is 0 Å². The molecule has 0 unspecified atom stereocenters. The quantitative estimate of drug-likeness (QED) is 0.784. The first-order chi connectivity index (χ1) is 7.29. The van der Waals surface area contributed by atoms with Crippen LogP contribution in [-0.2, 0) is 0 Å². The average molecular weight is 203 g/mol. The van der Waals surface area contributed by atoms with Crippen molar-refractivity contribution in [2.45, 2.75) is 38.5 Å². The molecule has 1 aromatic rings. The fourth-order valence-corrected chi connectivity index (χ4v) is 2.57. The zero-order valence-corrected chi connectivity index (χ0v) is 9.58. The van der Waals surface area contributed by atoms with Gasteiger partial charge in [0.15, 0.2) is 0 Å². The van der Waals surface area contributed by atoms with Crippen molar-refractivity contribution in [3.8, 4) is 0 Å². The summed E-state index contributed by atoms with van der Waals surface area (Å²) >= 11 is 0. The molecule has 82 valence electrons. The minimum atomic E-state index is 0.784. The molecule has 15 heavy (non-hydrogen) atoms. The van der Waals surface area contributed by atoms with Gasteiger partial charge in [0.2, 0.25) is 0 Å². The summed E-state index contributed by atoms with van der Waals surface area (Å²) in [4.78, 5) is 0. The van der Waals surface area contributed by atoms with E-state index in [1.807, 2.05) is 0 Å². The van der Waals surface area contributed by atoms with Crippen LogP contribution >= 0.6 is 0 Å². The predicted octanol–water partition coefficient (Wildman–Crippen LogP) is 3.23.